The average molecular weight is 316 g/mol. The maximum absolute atomic E-state index is 12.8. The summed E-state index contributed by atoms with van der Waals surface area (Å²) in [6.07, 6.45) is 0. The van der Waals surface area contributed by atoms with Crippen LogP contribution in [0.5, 0.6) is 0 Å². The molecule has 0 atom stereocenters. The van der Waals surface area contributed by atoms with Crippen LogP contribution in [-0.4, -0.2) is 25.0 Å². The van der Waals surface area contributed by atoms with E-state index in [9.17, 15) is 14.0 Å². The largest absolute Gasteiger partial charge is 0.462 e. The molecule has 2 N–H and O–H groups in total. The van der Waals surface area contributed by atoms with Crippen LogP contribution in [0.15, 0.2) is 48.5 Å². The van der Waals surface area contributed by atoms with Gasteiger partial charge in [0.25, 0.3) is 0 Å². The molecule has 2 aromatic rings. The van der Waals surface area contributed by atoms with E-state index < -0.39 is 5.97 Å². The Morgan fingerprint density at radius 1 is 1.09 bits per heavy atom. The van der Waals surface area contributed by atoms with Gasteiger partial charge in [-0.2, -0.15) is 0 Å². The third-order valence-corrected chi connectivity index (χ3v) is 2.95. The highest BCUT2D eigenvalue weighted by atomic mass is 19.1. The summed E-state index contributed by atoms with van der Waals surface area (Å²) in [7, 11) is 0. The van der Waals surface area contributed by atoms with Gasteiger partial charge in [0, 0.05) is 11.4 Å². The fourth-order valence-corrected chi connectivity index (χ4v) is 1.89. The molecular weight excluding hydrogens is 299 g/mol. The Morgan fingerprint density at radius 3 is 2.52 bits per heavy atom. The third kappa shape index (κ3) is 5.10. The summed E-state index contributed by atoms with van der Waals surface area (Å²) in [5.41, 5.74) is 1.55. The normalized spacial score (nSPS) is 10.0. The molecule has 2 aromatic carbocycles. The zero-order chi connectivity index (χ0) is 16.7. The van der Waals surface area contributed by atoms with Gasteiger partial charge in [0.15, 0.2) is 0 Å². The summed E-state index contributed by atoms with van der Waals surface area (Å²) in [5.74, 6) is -1.05. The average Bonchev–Trinajstić information content (AvgIpc) is 2.56. The zero-order valence-corrected chi connectivity index (χ0v) is 12.6. The van der Waals surface area contributed by atoms with Crippen molar-refractivity contribution in [3.63, 3.8) is 0 Å². The van der Waals surface area contributed by atoms with Crippen LogP contribution in [0.25, 0.3) is 0 Å². The van der Waals surface area contributed by atoms with Crippen LogP contribution < -0.4 is 10.6 Å². The first kappa shape index (κ1) is 16.5. The van der Waals surface area contributed by atoms with Crippen LogP contribution in [-0.2, 0) is 9.53 Å². The number of hydrogen-bond acceptors (Lipinski definition) is 4. The first-order valence-corrected chi connectivity index (χ1v) is 7.15. The monoisotopic (exact) mass is 316 g/mol. The van der Waals surface area contributed by atoms with Crippen LogP contribution in [0.4, 0.5) is 15.8 Å². The summed E-state index contributed by atoms with van der Waals surface area (Å²) in [6, 6.07) is 12.2. The first-order valence-electron chi connectivity index (χ1n) is 7.15. The molecule has 0 aliphatic carbocycles. The van der Waals surface area contributed by atoms with Gasteiger partial charge in [0.1, 0.15) is 5.82 Å². The molecular formula is C17H17FN2O3. The maximum atomic E-state index is 12.8. The predicted molar refractivity (Wildman–Crippen MR) is 85.9 cm³/mol. The Bertz CT molecular complexity index is 686. The van der Waals surface area contributed by atoms with E-state index in [4.69, 9.17) is 4.74 Å². The molecule has 0 saturated heterocycles. The van der Waals surface area contributed by atoms with Crippen molar-refractivity contribution in [2.75, 3.05) is 23.8 Å². The number of anilines is 2. The third-order valence-electron chi connectivity index (χ3n) is 2.95. The predicted octanol–water partition coefficient (Wildman–Crippen LogP) is 3.05. The maximum Gasteiger partial charge on any atom is 0.338 e. The molecule has 2 rings (SSSR count). The molecule has 1 amide bonds. The molecule has 0 radical (unpaired) electrons. The fraction of sp³-hybridized carbons (Fsp3) is 0.176. The molecule has 6 heteroatoms. The zero-order valence-electron chi connectivity index (χ0n) is 12.6. The van der Waals surface area contributed by atoms with Crippen LogP contribution in [0.2, 0.25) is 0 Å². The van der Waals surface area contributed by atoms with Gasteiger partial charge in [-0.05, 0) is 49.4 Å². The molecule has 23 heavy (non-hydrogen) atoms. The van der Waals surface area contributed by atoms with E-state index in [-0.39, 0.29) is 18.3 Å². The van der Waals surface area contributed by atoms with Crippen molar-refractivity contribution in [3.05, 3.63) is 59.9 Å². The van der Waals surface area contributed by atoms with Crippen molar-refractivity contribution >= 4 is 23.3 Å². The minimum absolute atomic E-state index is 0.0175. The lowest BCUT2D eigenvalue weighted by Gasteiger charge is -2.09. The highest BCUT2D eigenvalue weighted by Gasteiger charge is 2.07. The molecule has 0 spiro atoms. The van der Waals surface area contributed by atoms with E-state index in [0.29, 0.717) is 23.5 Å². The van der Waals surface area contributed by atoms with Crippen molar-refractivity contribution in [3.8, 4) is 0 Å². The summed E-state index contributed by atoms with van der Waals surface area (Å²) in [4.78, 5) is 23.5. The van der Waals surface area contributed by atoms with E-state index >= 15 is 0 Å². The summed E-state index contributed by atoms with van der Waals surface area (Å²) in [5, 5.41) is 5.56. The number of nitrogens with one attached hydrogen (secondary N) is 2. The summed E-state index contributed by atoms with van der Waals surface area (Å²) >= 11 is 0. The lowest BCUT2D eigenvalue weighted by Crippen LogP contribution is -2.21. The molecule has 0 fully saturated rings. The van der Waals surface area contributed by atoms with Crippen molar-refractivity contribution in [1.29, 1.82) is 0 Å². The van der Waals surface area contributed by atoms with Crippen molar-refractivity contribution in [2.24, 2.45) is 0 Å². The second-order valence-corrected chi connectivity index (χ2v) is 4.71. The number of carbonyl (C=O) groups is 2. The van der Waals surface area contributed by atoms with Crippen LogP contribution in [0.3, 0.4) is 0 Å². The molecule has 0 bridgehead atoms. The van der Waals surface area contributed by atoms with Gasteiger partial charge in [-0.1, -0.05) is 6.07 Å². The Kier molecular flexibility index (Phi) is 5.68. The van der Waals surface area contributed by atoms with E-state index in [0.717, 1.165) is 0 Å². The lowest BCUT2D eigenvalue weighted by atomic mass is 10.2. The van der Waals surface area contributed by atoms with Crippen molar-refractivity contribution < 1.29 is 18.7 Å². The van der Waals surface area contributed by atoms with Crippen molar-refractivity contribution in [1.82, 2.24) is 0 Å². The molecule has 120 valence electrons. The van der Waals surface area contributed by atoms with Crippen molar-refractivity contribution in [2.45, 2.75) is 6.92 Å². The second kappa shape index (κ2) is 7.93. The molecule has 5 nitrogen and oxygen atoms in total. The fourth-order valence-electron chi connectivity index (χ4n) is 1.89. The van der Waals surface area contributed by atoms with Crippen LogP contribution in [0, 0.1) is 5.82 Å². The van der Waals surface area contributed by atoms with E-state index in [1.165, 1.54) is 24.3 Å². The molecule has 0 heterocycles. The van der Waals surface area contributed by atoms with Crippen LogP contribution in [0.1, 0.15) is 17.3 Å². The van der Waals surface area contributed by atoms with Gasteiger partial charge >= 0.3 is 5.97 Å². The topological polar surface area (TPSA) is 67.4 Å². The number of ether oxygens (including phenoxy) is 1. The smallest absolute Gasteiger partial charge is 0.338 e. The highest BCUT2D eigenvalue weighted by molar-refractivity contribution is 5.94. The van der Waals surface area contributed by atoms with Gasteiger partial charge in [0.05, 0.1) is 18.7 Å². The van der Waals surface area contributed by atoms with Gasteiger partial charge in [-0.3, -0.25) is 4.79 Å². The Labute approximate surface area is 133 Å². The molecule has 0 unspecified atom stereocenters. The lowest BCUT2D eigenvalue weighted by molar-refractivity contribution is -0.114. The van der Waals surface area contributed by atoms with Crippen LogP contribution >= 0.6 is 0 Å². The Morgan fingerprint density at radius 2 is 1.83 bits per heavy atom. The SMILES string of the molecule is CCOC(=O)c1cccc(NCC(=O)Nc2ccc(F)cc2)c1. The Hall–Kier alpha value is -2.89. The van der Waals surface area contributed by atoms with Gasteiger partial charge in [-0.25, -0.2) is 9.18 Å². The molecule has 0 aliphatic rings. The number of hydrogen-bond donors (Lipinski definition) is 2. The quantitative estimate of drug-likeness (QED) is 0.804. The number of carbonyl (C=O) groups excluding carboxylic acids is 2. The van der Waals surface area contributed by atoms with E-state index in [1.807, 2.05) is 0 Å². The standard InChI is InChI=1S/C17H17FN2O3/c1-2-23-17(22)12-4-3-5-15(10-12)19-11-16(21)20-14-8-6-13(18)7-9-14/h3-10,19H,2,11H2,1H3,(H,20,21). The number of rotatable bonds is 6. The number of halogens is 1. The first-order chi connectivity index (χ1) is 11.1. The van der Waals surface area contributed by atoms with E-state index in [2.05, 4.69) is 10.6 Å². The molecule has 0 saturated carbocycles. The van der Waals surface area contributed by atoms with Gasteiger partial charge < -0.3 is 15.4 Å². The Balaban J connectivity index is 1.90. The number of esters is 1. The van der Waals surface area contributed by atoms with Gasteiger partial charge in [-0.15, -0.1) is 0 Å². The van der Waals surface area contributed by atoms with Gasteiger partial charge in [0.2, 0.25) is 5.91 Å². The number of benzene rings is 2. The summed E-state index contributed by atoms with van der Waals surface area (Å²) < 4.78 is 17.7. The number of amides is 1. The highest BCUT2D eigenvalue weighted by Crippen LogP contribution is 2.12. The molecule has 0 aliphatic heterocycles. The van der Waals surface area contributed by atoms with E-state index in [1.54, 1.807) is 31.2 Å². The summed E-state index contributed by atoms with van der Waals surface area (Å²) in [6.45, 7) is 2.06. The second-order valence-electron chi connectivity index (χ2n) is 4.71. The minimum Gasteiger partial charge on any atom is -0.462 e. The molecule has 0 aromatic heterocycles. The minimum atomic E-state index is -0.410.